The summed E-state index contributed by atoms with van der Waals surface area (Å²) in [5.74, 6) is 1.04. The number of morpholine rings is 1. The first-order chi connectivity index (χ1) is 4.47. The molecule has 0 unspecified atom stereocenters. The SMILES string of the molecule is C1=CN2CCOCC2=[N+]1. The highest BCUT2D eigenvalue weighted by Crippen LogP contribution is 2.02. The molecule has 2 aliphatic rings. The minimum absolute atomic E-state index is 0.674. The number of rotatable bonds is 0. The summed E-state index contributed by atoms with van der Waals surface area (Å²) in [4.78, 5) is 6.21. The van der Waals surface area contributed by atoms with Crippen LogP contribution in [0.25, 0.3) is 0 Å². The second-order valence-corrected chi connectivity index (χ2v) is 2.09. The van der Waals surface area contributed by atoms with Gasteiger partial charge in [0, 0.05) is 0 Å². The van der Waals surface area contributed by atoms with E-state index in [2.05, 4.69) is 9.89 Å². The maximum Gasteiger partial charge on any atom is 0.324 e. The summed E-state index contributed by atoms with van der Waals surface area (Å²) >= 11 is 0. The Hall–Kier alpha value is -0.830. The third-order valence-corrected chi connectivity index (χ3v) is 1.51. The summed E-state index contributed by atoms with van der Waals surface area (Å²) in [6.45, 7) is 2.45. The molecule has 0 aromatic carbocycles. The lowest BCUT2D eigenvalue weighted by Crippen LogP contribution is -2.37. The summed E-state index contributed by atoms with van der Waals surface area (Å²) in [7, 11) is 0. The zero-order chi connectivity index (χ0) is 6.10. The van der Waals surface area contributed by atoms with Crippen LogP contribution in [-0.4, -0.2) is 30.5 Å². The zero-order valence-corrected chi connectivity index (χ0v) is 5.08. The van der Waals surface area contributed by atoms with Crippen LogP contribution in [0.3, 0.4) is 0 Å². The topological polar surface area (TPSA) is 26.6 Å². The monoisotopic (exact) mass is 124 g/mol. The first kappa shape index (κ1) is 4.99. The number of amidine groups is 1. The van der Waals surface area contributed by atoms with E-state index in [4.69, 9.17) is 4.74 Å². The lowest BCUT2D eigenvalue weighted by molar-refractivity contribution is 0.131. The largest absolute Gasteiger partial charge is 0.365 e. The first-order valence-corrected chi connectivity index (χ1v) is 3.04. The standard InChI is InChI=1S/C6H8N2O/c1-2-8-3-4-9-5-6(8)7-1/h1-2H,3-5H2/q+1. The Morgan fingerprint density at radius 2 is 2.67 bits per heavy atom. The van der Waals surface area contributed by atoms with Gasteiger partial charge in [-0.1, -0.05) is 0 Å². The zero-order valence-electron chi connectivity index (χ0n) is 5.08. The van der Waals surface area contributed by atoms with Gasteiger partial charge < -0.3 is 4.74 Å². The van der Waals surface area contributed by atoms with Gasteiger partial charge >= 0.3 is 5.84 Å². The Morgan fingerprint density at radius 3 is 3.56 bits per heavy atom. The fourth-order valence-corrected chi connectivity index (χ4v) is 1.01. The quantitative estimate of drug-likeness (QED) is 0.436. The molecule has 0 aromatic rings. The van der Waals surface area contributed by atoms with E-state index in [9.17, 15) is 0 Å². The molecule has 0 N–H and O–H groups in total. The van der Waals surface area contributed by atoms with E-state index >= 15 is 0 Å². The molecule has 0 aromatic heterocycles. The molecule has 0 atom stereocenters. The Bertz CT molecular complexity index is 174. The van der Waals surface area contributed by atoms with Crippen LogP contribution in [0.2, 0.25) is 0 Å². The summed E-state index contributed by atoms with van der Waals surface area (Å²) < 4.78 is 5.17. The summed E-state index contributed by atoms with van der Waals surface area (Å²) in [6, 6.07) is 0. The molecule has 3 heteroatoms. The molecule has 0 saturated carbocycles. The normalized spacial score (nSPS) is 24.0. The highest BCUT2D eigenvalue weighted by Gasteiger charge is 2.26. The van der Waals surface area contributed by atoms with Crippen molar-refractivity contribution in [2.75, 3.05) is 19.8 Å². The van der Waals surface area contributed by atoms with Crippen molar-refractivity contribution in [3.8, 4) is 0 Å². The van der Waals surface area contributed by atoms with E-state index in [0.29, 0.717) is 6.61 Å². The van der Waals surface area contributed by atoms with Crippen molar-refractivity contribution in [3.63, 3.8) is 0 Å². The maximum atomic E-state index is 5.17. The number of fused-ring (bicyclic) bond motifs is 1. The third-order valence-electron chi connectivity index (χ3n) is 1.51. The van der Waals surface area contributed by atoms with Crippen molar-refractivity contribution in [2.45, 2.75) is 0 Å². The molecule has 1 radical (unpaired) electrons. The van der Waals surface area contributed by atoms with Gasteiger partial charge in [-0.15, -0.1) is 0 Å². The highest BCUT2D eigenvalue weighted by molar-refractivity contribution is 5.85. The van der Waals surface area contributed by atoms with Crippen LogP contribution in [0, 0.1) is 0 Å². The number of hydrogen-bond donors (Lipinski definition) is 0. The predicted molar refractivity (Wildman–Crippen MR) is 33.8 cm³/mol. The summed E-state index contributed by atoms with van der Waals surface area (Å²) in [5, 5.41) is 0. The van der Waals surface area contributed by atoms with Crippen LogP contribution in [0.1, 0.15) is 0 Å². The first-order valence-electron chi connectivity index (χ1n) is 3.04. The van der Waals surface area contributed by atoms with Crippen molar-refractivity contribution < 1.29 is 4.74 Å². The molecule has 0 spiro atoms. The Kier molecular flexibility index (Phi) is 1.02. The Balaban J connectivity index is 2.16. The van der Waals surface area contributed by atoms with E-state index in [1.165, 1.54) is 0 Å². The van der Waals surface area contributed by atoms with Crippen LogP contribution in [0.4, 0.5) is 0 Å². The fraction of sp³-hybridized carbons (Fsp3) is 0.500. The number of aliphatic imine (C=N–C) groups is 1. The van der Waals surface area contributed by atoms with Gasteiger partial charge in [-0.3, -0.25) is 0 Å². The van der Waals surface area contributed by atoms with Crippen LogP contribution in [-0.2, 0) is 4.74 Å². The molecule has 2 aliphatic heterocycles. The average Bonchev–Trinajstić information content (AvgIpc) is 2.33. The van der Waals surface area contributed by atoms with Gasteiger partial charge in [-0.05, 0) is 4.99 Å². The van der Waals surface area contributed by atoms with Crippen molar-refractivity contribution >= 4 is 5.84 Å². The second kappa shape index (κ2) is 1.84. The lowest BCUT2D eigenvalue weighted by Gasteiger charge is -2.14. The van der Waals surface area contributed by atoms with Crippen LogP contribution in [0.15, 0.2) is 12.4 Å². The molecular weight excluding hydrogens is 116 g/mol. The minimum atomic E-state index is 0.674. The van der Waals surface area contributed by atoms with Gasteiger partial charge in [0.05, 0.1) is 6.61 Å². The molecule has 2 rings (SSSR count). The second-order valence-electron chi connectivity index (χ2n) is 2.09. The van der Waals surface area contributed by atoms with Crippen LogP contribution >= 0.6 is 0 Å². The van der Waals surface area contributed by atoms with Gasteiger partial charge in [-0.25, -0.2) is 4.90 Å². The lowest BCUT2D eigenvalue weighted by atomic mass is 10.4. The van der Waals surface area contributed by atoms with Crippen molar-refractivity contribution in [3.05, 3.63) is 12.4 Å². The maximum absolute atomic E-state index is 5.17. The molecule has 1 fully saturated rings. The number of ether oxygens (including phenoxy) is 1. The smallest absolute Gasteiger partial charge is 0.324 e. The Morgan fingerprint density at radius 1 is 1.67 bits per heavy atom. The van der Waals surface area contributed by atoms with Gasteiger partial charge in [0.2, 0.25) is 0 Å². The molecule has 3 nitrogen and oxygen atoms in total. The third kappa shape index (κ3) is 0.733. The highest BCUT2D eigenvalue weighted by atomic mass is 16.5. The number of nitrogens with zero attached hydrogens (tertiary/aromatic N) is 2. The van der Waals surface area contributed by atoms with E-state index < -0.39 is 0 Å². The van der Waals surface area contributed by atoms with E-state index in [1.807, 2.05) is 12.4 Å². The number of hydrogen-bond acceptors (Lipinski definition) is 3. The van der Waals surface area contributed by atoms with Crippen LogP contribution < -0.4 is 4.99 Å². The van der Waals surface area contributed by atoms with Crippen molar-refractivity contribution in [1.82, 2.24) is 9.89 Å². The average molecular weight is 124 g/mol. The van der Waals surface area contributed by atoms with Gasteiger partial charge in [0.25, 0.3) is 0 Å². The van der Waals surface area contributed by atoms with E-state index in [0.717, 1.165) is 19.0 Å². The molecule has 47 valence electrons. The van der Waals surface area contributed by atoms with E-state index in [1.54, 1.807) is 0 Å². The molecule has 2 heterocycles. The molecule has 0 amide bonds. The Labute approximate surface area is 53.6 Å². The van der Waals surface area contributed by atoms with Crippen LogP contribution in [0.5, 0.6) is 0 Å². The van der Waals surface area contributed by atoms with Crippen molar-refractivity contribution in [1.29, 1.82) is 0 Å². The molecule has 1 saturated heterocycles. The van der Waals surface area contributed by atoms with Gasteiger partial charge in [0.15, 0.2) is 12.8 Å². The molecule has 0 aliphatic carbocycles. The molecular formula is C6H8N2O+. The molecule has 9 heavy (non-hydrogen) atoms. The van der Waals surface area contributed by atoms with E-state index in [-0.39, 0.29) is 0 Å². The fourth-order valence-electron chi connectivity index (χ4n) is 1.01. The molecule has 0 bridgehead atoms. The van der Waals surface area contributed by atoms with Gasteiger partial charge in [-0.2, -0.15) is 0 Å². The van der Waals surface area contributed by atoms with Gasteiger partial charge in [0.1, 0.15) is 12.7 Å². The van der Waals surface area contributed by atoms with Crippen molar-refractivity contribution in [2.24, 2.45) is 0 Å². The summed E-state index contributed by atoms with van der Waals surface area (Å²) in [6.07, 6.45) is 3.79. The predicted octanol–water partition coefficient (Wildman–Crippen LogP) is -0.462. The summed E-state index contributed by atoms with van der Waals surface area (Å²) in [5.41, 5.74) is 0. The minimum Gasteiger partial charge on any atom is -0.365 e.